The van der Waals surface area contributed by atoms with Gasteiger partial charge in [-0.25, -0.2) is 9.18 Å². The molecule has 1 N–H and O–H groups in total. The average molecular weight is 298 g/mol. The highest BCUT2D eigenvalue weighted by Gasteiger charge is 2.32. The molecule has 1 unspecified atom stereocenters. The highest BCUT2D eigenvalue weighted by molar-refractivity contribution is 6.32. The lowest BCUT2D eigenvalue weighted by Gasteiger charge is -2.19. The third-order valence-electron chi connectivity index (χ3n) is 3.21. The van der Waals surface area contributed by atoms with E-state index in [1.807, 2.05) is 0 Å². The second-order valence-corrected chi connectivity index (χ2v) is 4.90. The van der Waals surface area contributed by atoms with Crippen LogP contribution in [0.4, 0.5) is 4.39 Å². The Kier molecular flexibility index (Phi) is 4.39. The number of carboxylic acid groups (broad SMARTS) is 1. The Bertz CT molecular complexity index is 553. The maximum Gasteiger partial charge on any atom is 0.326 e. The summed E-state index contributed by atoms with van der Waals surface area (Å²) in [5, 5.41) is 9.21. The number of benzene rings is 1. The third-order valence-corrected chi connectivity index (χ3v) is 3.54. The lowest BCUT2D eigenvalue weighted by molar-refractivity contribution is -0.146. The standard InChI is InChI=1S/C14H13ClFNO3/c15-10-3-1-4-11(16)9(10)6-7-13(18)17-8-2-5-12(17)14(19)20/h1,3-4,6-7,12H,2,5,8H2,(H,19,20)/b7-6+. The first-order chi connectivity index (χ1) is 9.50. The molecule has 1 aliphatic rings. The second-order valence-electron chi connectivity index (χ2n) is 4.50. The molecule has 1 fully saturated rings. The summed E-state index contributed by atoms with van der Waals surface area (Å²) in [5.74, 6) is -2.00. The predicted molar refractivity (Wildman–Crippen MR) is 72.8 cm³/mol. The molecule has 20 heavy (non-hydrogen) atoms. The van der Waals surface area contributed by atoms with Gasteiger partial charge in [-0.15, -0.1) is 0 Å². The van der Waals surface area contributed by atoms with E-state index in [0.717, 1.165) is 6.08 Å². The van der Waals surface area contributed by atoms with Crippen LogP contribution in [0.25, 0.3) is 6.08 Å². The van der Waals surface area contributed by atoms with Crippen molar-refractivity contribution in [2.24, 2.45) is 0 Å². The van der Waals surface area contributed by atoms with E-state index in [-0.39, 0.29) is 10.6 Å². The second kappa shape index (κ2) is 6.05. The fourth-order valence-corrected chi connectivity index (χ4v) is 2.43. The molecule has 1 aliphatic heterocycles. The summed E-state index contributed by atoms with van der Waals surface area (Å²) in [7, 11) is 0. The van der Waals surface area contributed by atoms with Crippen molar-refractivity contribution in [3.05, 3.63) is 40.7 Å². The van der Waals surface area contributed by atoms with E-state index < -0.39 is 23.7 Å². The van der Waals surface area contributed by atoms with Crippen LogP contribution in [0.15, 0.2) is 24.3 Å². The average Bonchev–Trinajstić information content (AvgIpc) is 2.87. The van der Waals surface area contributed by atoms with Crippen LogP contribution in [0.5, 0.6) is 0 Å². The van der Waals surface area contributed by atoms with E-state index >= 15 is 0 Å². The Morgan fingerprint density at radius 2 is 2.20 bits per heavy atom. The van der Waals surface area contributed by atoms with Crippen LogP contribution in [0.1, 0.15) is 18.4 Å². The fourth-order valence-electron chi connectivity index (χ4n) is 2.21. The molecule has 1 aromatic rings. The highest BCUT2D eigenvalue weighted by Crippen LogP contribution is 2.22. The Morgan fingerprint density at radius 1 is 1.45 bits per heavy atom. The van der Waals surface area contributed by atoms with Crippen LogP contribution < -0.4 is 0 Å². The molecule has 6 heteroatoms. The van der Waals surface area contributed by atoms with Gasteiger partial charge in [-0.2, -0.15) is 0 Å². The molecule has 0 bridgehead atoms. The van der Waals surface area contributed by atoms with Gasteiger partial charge >= 0.3 is 5.97 Å². The van der Waals surface area contributed by atoms with Crippen LogP contribution in [-0.2, 0) is 9.59 Å². The van der Waals surface area contributed by atoms with Crippen LogP contribution in [0.3, 0.4) is 0 Å². The minimum absolute atomic E-state index is 0.119. The van der Waals surface area contributed by atoms with Gasteiger partial charge in [-0.1, -0.05) is 17.7 Å². The topological polar surface area (TPSA) is 57.6 Å². The predicted octanol–water partition coefficient (Wildman–Crippen LogP) is 2.57. The summed E-state index contributed by atoms with van der Waals surface area (Å²) in [6, 6.07) is 3.43. The number of rotatable bonds is 3. The van der Waals surface area contributed by atoms with E-state index in [9.17, 15) is 14.0 Å². The lowest BCUT2D eigenvalue weighted by atomic mass is 10.2. The molecule has 2 rings (SSSR count). The van der Waals surface area contributed by atoms with Crippen molar-refractivity contribution >= 4 is 29.6 Å². The van der Waals surface area contributed by atoms with Gasteiger partial charge in [-0.05, 0) is 31.1 Å². The van der Waals surface area contributed by atoms with Crippen molar-refractivity contribution in [2.75, 3.05) is 6.54 Å². The zero-order valence-corrected chi connectivity index (χ0v) is 11.3. The number of aliphatic carboxylic acids is 1. The fraction of sp³-hybridized carbons (Fsp3) is 0.286. The first kappa shape index (κ1) is 14.5. The number of hydrogen-bond acceptors (Lipinski definition) is 2. The van der Waals surface area contributed by atoms with Crippen molar-refractivity contribution in [1.82, 2.24) is 4.90 Å². The van der Waals surface area contributed by atoms with Crippen LogP contribution >= 0.6 is 11.6 Å². The zero-order valence-electron chi connectivity index (χ0n) is 10.6. The van der Waals surface area contributed by atoms with Crippen LogP contribution in [-0.4, -0.2) is 34.5 Å². The lowest BCUT2D eigenvalue weighted by Crippen LogP contribution is -2.39. The zero-order chi connectivity index (χ0) is 14.7. The SMILES string of the molecule is O=C(O)C1CCCN1C(=O)/C=C/c1c(F)cccc1Cl. The van der Waals surface area contributed by atoms with Crippen molar-refractivity contribution in [3.63, 3.8) is 0 Å². The Balaban J connectivity index is 2.15. The summed E-state index contributed by atoms with van der Waals surface area (Å²) < 4.78 is 13.5. The molecule has 0 aromatic heterocycles. The number of nitrogens with zero attached hydrogens (tertiary/aromatic N) is 1. The molecular weight excluding hydrogens is 285 g/mol. The van der Waals surface area contributed by atoms with Gasteiger partial charge in [0.15, 0.2) is 0 Å². The number of carboxylic acids is 1. The molecule has 1 amide bonds. The van der Waals surface area contributed by atoms with E-state index in [1.54, 1.807) is 0 Å². The normalized spacial score (nSPS) is 18.7. The summed E-state index contributed by atoms with van der Waals surface area (Å²) in [6.07, 6.45) is 3.52. The molecule has 106 valence electrons. The maximum atomic E-state index is 13.5. The monoisotopic (exact) mass is 297 g/mol. The van der Waals surface area contributed by atoms with Gasteiger partial charge in [0.2, 0.25) is 5.91 Å². The summed E-state index contributed by atoms with van der Waals surface area (Å²) in [5.41, 5.74) is 0.119. The van der Waals surface area contributed by atoms with Gasteiger partial charge in [0.25, 0.3) is 0 Å². The number of carbonyl (C=O) groups excluding carboxylic acids is 1. The van der Waals surface area contributed by atoms with Crippen molar-refractivity contribution < 1.29 is 19.1 Å². The highest BCUT2D eigenvalue weighted by atomic mass is 35.5. The van der Waals surface area contributed by atoms with Crippen molar-refractivity contribution in [3.8, 4) is 0 Å². The van der Waals surface area contributed by atoms with Gasteiger partial charge in [0.1, 0.15) is 11.9 Å². The van der Waals surface area contributed by atoms with Crippen LogP contribution in [0.2, 0.25) is 5.02 Å². The summed E-state index contributed by atoms with van der Waals surface area (Å²) >= 11 is 5.84. The number of amides is 1. The Morgan fingerprint density at radius 3 is 2.85 bits per heavy atom. The van der Waals surface area contributed by atoms with E-state index in [4.69, 9.17) is 16.7 Å². The molecule has 1 heterocycles. The van der Waals surface area contributed by atoms with Gasteiger partial charge in [0.05, 0.1) is 5.02 Å². The molecule has 4 nitrogen and oxygen atoms in total. The Labute approximate surface area is 120 Å². The van der Waals surface area contributed by atoms with Gasteiger partial charge < -0.3 is 10.0 Å². The van der Waals surface area contributed by atoms with Gasteiger partial charge in [0, 0.05) is 18.2 Å². The largest absolute Gasteiger partial charge is 0.480 e. The molecule has 0 aliphatic carbocycles. The smallest absolute Gasteiger partial charge is 0.326 e. The quantitative estimate of drug-likeness (QED) is 0.872. The van der Waals surface area contributed by atoms with Crippen molar-refractivity contribution in [1.29, 1.82) is 0 Å². The third kappa shape index (κ3) is 2.99. The number of likely N-dealkylation sites (tertiary alicyclic amines) is 1. The molecule has 1 aromatic carbocycles. The minimum atomic E-state index is -1.02. The molecule has 0 spiro atoms. The molecule has 0 radical (unpaired) electrons. The molecular formula is C14H13ClFNO3. The Hall–Kier alpha value is -1.88. The maximum absolute atomic E-state index is 13.5. The number of carbonyl (C=O) groups is 2. The van der Waals surface area contributed by atoms with Crippen LogP contribution in [0, 0.1) is 5.82 Å². The van der Waals surface area contributed by atoms with E-state index in [1.165, 1.54) is 29.2 Å². The van der Waals surface area contributed by atoms with E-state index in [2.05, 4.69) is 0 Å². The van der Waals surface area contributed by atoms with Crippen molar-refractivity contribution in [2.45, 2.75) is 18.9 Å². The van der Waals surface area contributed by atoms with E-state index in [0.29, 0.717) is 19.4 Å². The summed E-state index contributed by atoms with van der Waals surface area (Å²) in [4.78, 5) is 24.2. The molecule has 1 saturated heterocycles. The molecule has 1 atom stereocenters. The summed E-state index contributed by atoms with van der Waals surface area (Å²) in [6.45, 7) is 0.394. The molecule has 0 saturated carbocycles. The minimum Gasteiger partial charge on any atom is -0.480 e. The number of halogens is 2. The van der Waals surface area contributed by atoms with Gasteiger partial charge in [-0.3, -0.25) is 4.79 Å². The number of hydrogen-bond donors (Lipinski definition) is 1. The first-order valence-electron chi connectivity index (χ1n) is 6.16. The first-order valence-corrected chi connectivity index (χ1v) is 6.54.